The minimum atomic E-state index is 0.242. The van der Waals surface area contributed by atoms with Gasteiger partial charge in [0.05, 0.1) is 0 Å². The lowest BCUT2D eigenvalue weighted by atomic mass is 9.82. The lowest BCUT2D eigenvalue weighted by Gasteiger charge is -2.37. The van der Waals surface area contributed by atoms with Crippen molar-refractivity contribution in [3.63, 3.8) is 0 Å². The number of hydrogen-bond donors (Lipinski definition) is 0. The minimum Gasteiger partial charge on any atom is -0.492 e. The summed E-state index contributed by atoms with van der Waals surface area (Å²) in [5.74, 6) is 0.997. The highest BCUT2D eigenvalue weighted by atomic mass is 16.5. The van der Waals surface area contributed by atoms with E-state index in [0.29, 0.717) is 6.04 Å². The summed E-state index contributed by atoms with van der Waals surface area (Å²) in [5, 5.41) is 0. The van der Waals surface area contributed by atoms with Crippen LogP contribution in [0.2, 0.25) is 0 Å². The van der Waals surface area contributed by atoms with Crippen molar-refractivity contribution in [1.29, 1.82) is 0 Å². The first-order chi connectivity index (χ1) is 11.5. The molecule has 1 unspecified atom stereocenters. The Balaban J connectivity index is 1.89. The van der Waals surface area contributed by atoms with Gasteiger partial charge in [0.1, 0.15) is 12.4 Å². The Morgan fingerprint density at radius 1 is 1.08 bits per heavy atom. The average Bonchev–Trinajstić information content (AvgIpc) is 2.62. The number of hydrogen-bond acceptors (Lipinski definition) is 2. The van der Waals surface area contributed by atoms with Crippen LogP contribution in [0.5, 0.6) is 5.75 Å². The maximum Gasteiger partial charge on any atom is 0.119 e. The molecule has 24 heavy (non-hydrogen) atoms. The zero-order valence-corrected chi connectivity index (χ0v) is 16.5. The summed E-state index contributed by atoms with van der Waals surface area (Å²) in [7, 11) is 0. The van der Waals surface area contributed by atoms with Gasteiger partial charge < -0.3 is 4.74 Å². The summed E-state index contributed by atoms with van der Waals surface area (Å²) in [6.07, 6.45) is 8.07. The molecule has 136 valence electrons. The van der Waals surface area contributed by atoms with Gasteiger partial charge in [-0.2, -0.15) is 0 Å². The van der Waals surface area contributed by atoms with Gasteiger partial charge in [-0.25, -0.2) is 0 Å². The SMILES string of the molecule is CCN(C(C)COc1ccc(C(C)(C)CC)cc1)C1CCCCC1. The van der Waals surface area contributed by atoms with Crippen molar-refractivity contribution in [1.82, 2.24) is 4.90 Å². The highest BCUT2D eigenvalue weighted by Gasteiger charge is 2.24. The molecule has 0 amide bonds. The van der Waals surface area contributed by atoms with E-state index in [1.54, 1.807) is 0 Å². The number of nitrogens with zero attached hydrogens (tertiary/aromatic N) is 1. The van der Waals surface area contributed by atoms with E-state index in [4.69, 9.17) is 4.74 Å². The molecule has 2 heteroatoms. The normalized spacial score (nSPS) is 17.9. The lowest BCUT2D eigenvalue weighted by molar-refractivity contribution is 0.0862. The van der Waals surface area contributed by atoms with Gasteiger partial charge in [0, 0.05) is 12.1 Å². The summed E-state index contributed by atoms with van der Waals surface area (Å²) in [5.41, 5.74) is 1.63. The van der Waals surface area contributed by atoms with E-state index in [-0.39, 0.29) is 5.41 Å². The molecule has 0 radical (unpaired) electrons. The standard InChI is InChI=1S/C22H37NO/c1-6-22(4,5)19-13-15-21(16-14-19)24-17-18(3)23(7-2)20-11-9-8-10-12-20/h13-16,18,20H,6-12,17H2,1-5H3. The van der Waals surface area contributed by atoms with Gasteiger partial charge in [-0.1, -0.05) is 59.1 Å². The van der Waals surface area contributed by atoms with Gasteiger partial charge in [0.15, 0.2) is 0 Å². The predicted octanol–water partition coefficient (Wildman–Crippen LogP) is 5.80. The molecule has 1 saturated carbocycles. The molecule has 1 fully saturated rings. The van der Waals surface area contributed by atoms with Crippen LogP contribution in [0.15, 0.2) is 24.3 Å². The topological polar surface area (TPSA) is 12.5 Å². The Hall–Kier alpha value is -1.02. The first kappa shape index (κ1) is 19.3. The molecule has 1 aromatic rings. The van der Waals surface area contributed by atoms with Gasteiger partial charge in [-0.05, 0) is 55.8 Å². The van der Waals surface area contributed by atoms with Gasteiger partial charge in [0.2, 0.25) is 0 Å². The fourth-order valence-corrected chi connectivity index (χ4v) is 3.86. The van der Waals surface area contributed by atoms with Crippen molar-refractivity contribution < 1.29 is 4.74 Å². The molecular weight excluding hydrogens is 294 g/mol. The van der Waals surface area contributed by atoms with Gasteiger partial charge >= 0.3 is 0 Å². The van der Waals surface area contributed by atoms with Crippen LogP contribution >= 0.6 is 0 Å². The van der Waals surface area contributed by atoms with Crippen LogP contribution in [-0.4, -0.2) is 30.1 Å². The molecule has 1 atom stereocenters. The van der Waals surface area contributed by atoms with Crippen molar-refractivity contribution in [2.75, 3.05) is 13.2 Å². The molecule has 0 bridgehead atoms. The molecule has 2 rings (SSSR count). The van der Waals surface area contributed by atoms with E-state index in [2.05, 4.69) is 63.8 Å². The molecule has 1 aliphatic carbocycles. The zero-order valence-electron chi connectivity index (χ0n) is 16.5. The molecule has 0 aromatic heterocycles. The smallest absolute Gasteiger partial charge is 0.119 e. The summed E-state index contributed by atoms with van der Waals surface area (Å²) in [6, 6.07) is 9.96. The highest BCUT2D eigenvalue weighted by Crippen LogP contribution is 2.28. The molecule has 0 spiro atoms. The van der Waals surface area contributed by atoms with Gasteiger partial charge in [-0.15, -0.1) is 0 Å². The van der Waals surface area contributed by atoms with Crippen LogP contribution in [-0.2, 0) is 5.41 Å². The summed E-state index contributed by atoms with van der Waals surface area (Å²) in [6.45, 7) is 13.3. The fourth-order valence-electron chi connectivity index (χ4n) is 3.86. The predicted molar refractivity (Wildman–Crippen MR) is 104 cm³/mol. The monoisotopic (exact) mass is 331 g/mol. The van der Waals surface area contributed by atoms with Gasteiger partial charge in [0.25, 0.3) is 0 Å². The maximum absolute atomic E-state index is 6.10. The minimum absolute atomic E-state index is 0.242. The van der Waals surface area contributed by atoms with E-state index in [1.165, 1.54) is 37.7 Å². The largest absolute Gasteiger partial charge is 0.492 e. The Bertz CT molecular complexity index is 473. The van der Waals surface area contributed by atoms with Crippen molar-refractivity contribution in [2.24, 2.45) is 0 Å². The second kappa shape index (κ2) is 8.89. The molecule has 0 N–H and O–H groups in total. The Labute approximate surface area is 149 Å². The Kier molecular flexibility index (Phi) is 7.16. The van der Waals surface area contributed by atoms with Crippen LogP contribution in [0.4, 0.5) is 0 Å². The quantitative estimate of drug-likeness (QED) is 0.597. The molecule has 2 nitrogen and oxygen atoms in total. The van der Waals surface area contributed by atoms with Crippen molar-refractivity contribution in [3.8, 4) is 5.75 Å². The lowest BCUT2D eigenvalue weighted by Crippen LogP contribution is -2.45. The third-order valence-corrected chi connectivity index (χ3v) is 5.99. The number of rotatable bonds is 8. The van der Waals surface area contributed by atoms with Crippen LogP contribution in [0.1, 0.15) is 78.7 Å². The Morgan fingerprint density at radius 2 is 1.71 bits per heavy atom. The van der Waals surface area contributed by atoms with E-state index in [9.17, 15) is 0 Å². The van der Waals surface area contributed by atoms with Crippen LogP contribution < -0.4 is 4.74 Å². The van der Waals surface area contributed by atoms with Crippen LogP contribution in [0.3, 0.4) is 0 Å². The van der Waals surface area contributed by atoms with E-state index in [1.807, 2.05) is 0 Å². The number of ether oxygens (including phenoxy) is 1. The Morgan fingerprint density at radius 3 is 2.25 bits per heavy atom. The molecule has 0 saturated heterocycles. The first-order valence-corrected chi connectivity index (χ1v) is 9.97. The first-order valence-electron chi connectivity index (χ1n) is 9.97. The van der Waals surface area contributed by atoms with E-state index in [0.717, 1.165) is 31.4 Å². The van der Waals surface area contributed by atoms with Gasteiger partial charge in [-0.3, -0.25) is 4.90 Å². The molecule has 0 aliphatic heterocycles. The van der Waals surface area contributed by atoms with Crippen molar-refractivity contribution >= 4 is 0 Å². The summed E-state index contributed by atoms with van der Waals surface area (Å²) < 4.78 is 6.10. The average molecular weight is 332 g/mol. The third kappa shape index (κ3) is 4.99. The maximum atomic E-state index is 6.10. The van der Waals surface area contributed by atoms with Crippen molar-refractivity contribution in [3.05, 3.63) is 29.8 Å². The molecule has 1 aromatic carbocycles. The van der Waals surface area contributed by atoms with Crippen LogP contribution in [0, 0.1) is 0 Å². The summed E-state index contributed by atoms with van der Waals surface area (Å²) in [4.78, 5) is 2.65. The molecule has 0 heterocycles. The molecular formula is C22H37NO. The van der Waals surface area contributed by atoms with Crippen molar-refractivity contribution in [2.45, 2.75) is 90.6 Å². The fraction of sp³-hybridized carbons (Fsp3) is 0.727. The van der Waals surface area contributed by atoms with E-state index >= 15 is 0 Å². The second-order valence-corrected chi connectivity index (χ2v) is 8.04. The summed E-state index contributed by atoms with van der Waals surface area (Å²) >= 11 is 0. The number of benzene rings is 1. The second-order valence-electron chi connectivity index (χ2n) is 8.04. The van der Waals surface area contributed by atoms with Crippen LogP contribution in [0.25, 0.3) is 0 Å². The zero-order chi connectivity index (χ0) is 17.6. The van der Waals surface area contributed by atoms with E-state index < -0.39 is 0 Å². The highest BCUT2D eigenvalue weighted by molar-refractivity contribution is 5.31. The third-order valence-electron chi connectivity index (χ3n) is 5.99. The number of likely N-dealkylation sites (N-methyl/N-ethyl adjacent to an activating group) is 1. The molecule has 1 aliphatic rings.